The summed E-state index contributed by atoms with van der Waals surface area (Å²) >= 11 is 3.12. The lowest BCUT2D eigenvalue weighted by Gasteiger charge is -2.22. The van der Waals surface area contributed by atoms with Crippen LogP contribution in [0.15, 0.2) is 0 Å². The van der Waals surface area contributed by atoms with E-state index < -0.39 is 27.8 Å². The van der Waals surface area contributed by atoms with Crippen LogP contribution >= 0.6 is 31.1 Å². The van der Waals surface area contributed by atoms with Crippen molar-refractivity contribution in [2.45, 2.75) is 6.42 Å². The Hall–Kier alpha value is 0.740. The van der Waals surface area contributed by atoms with Crippen LogP contribution in [-0.4, -0.2) is 48.9 Å². The molecule has 0 radical (unpaired) electrons. The molecule has 0 bridgehead atoms. The lowest BCUT2D eigenvalue weighted by Crippen LogP contribution is -2.27. The van der Waals surface area contributed by atoms with Crippen LogP contribution in [0.2, 0.25) is 0 Å². The summed E-state index contributed by atoms with van der Waals surface area (Å²) in [5.74, 6) is 0. The third-order valence-corrected chi connectivity index (χ3v) is 3.47. The van der Waals surface area contributed by atoms with Gasteiger partial charge in [0.05, 0.1) is 0 Å². The van der Waals surface area contributed by atoms with Gasteiger partial charge in [-0.25, -0.2) is 0 Å². The average Bonchev–Trinajstić information content (AvgIpc) is 1.94. The molecule has 15 heavy (non-hydrogen) atoms. The van der Waals surface area contributed by atoms with Crippen LogP contribution in [0.3, 0.4) is 0 Å². The van der Waals surface area contributed by atoms with Gasteiger partial charge in [-0.15, -0.1) is 0 Å². The van der Waals surface area contributed by atoms with Crippen LogP contribution in [0, 0.1) is 0 Å². The van der Waals surface area contributed by atoms with E-state index in [9.17, 15) is 9.13 Å². The van der Waals surface area contributed by atoms with Crippen molar-refractivity contribution < 1.29 is 28.7 Å². The molecule has 0 aliphatic heterocycles. The van der Waals surface area contributed by atoms with Gasteiger partial charge in [-0.3, -0.25) is 14.0 Å². The SMILES string of the molecule is O=P(O)(O)CN(CCCBr)CP(=O)(O)O. The summed E-state index contributed by atoms with van der Waals surface area (Å²) < 4.78 is 21.4. The van der Waals surface area contributed by atoms with Crippen molar-refractivity contribution >= 4 is 31.1 Å². The van der Waals surface area contributed by atoms with Crippen molar-refractivity contribution in [2.75, 3.05) is 24.4 Å². The standard InChI is InChI=1S/C5H14BrNO6P2/c6-2-1-3-7(4-14(8,9)10)5-15(11,12)13/h1-5H2,(H2,8,9,10)(H2,11,12,13). The summed E-state index contributed by atoms with van der Waals surface area (Å²) in [6, 6.07) is 0. The van der Waals surface area contributed by atoms with Crippen molar-refractivity contribution in [1.29, 1.82) is 0 Å². The molecule has 0 saturated heterocycles. The van der Waals surface area contributed by atoms with Gasteiger partial charge in [0.25, 0.3) is 0 Å². The minimum atomic E-state index is -4.28. The molecule has 0 aliphatic carbocycles. The van der Waals surface area contributed by atoms with Crippen LogP contribution in [-0.2, 0) is 9.13 Å². The Balaban J connectivity index is 4.32. The second kappa shape index (κ2) is 6.47. The van der Waals surface area contributed by atoms with E-state index in [4.69, 9.17) is 19.6 Å². The van der Waals surface area contributed by atoms with E-state index in [1.54, 1.807) is 0 Å². The van der Waals surface area contributed by atoms with E-state index in [0.717, 1.165) is 4.90 Å². The lowest BCUT2D eigenvalue weighted by atomic mass is 10.5. The zero-order chi connectivity index (χ0) is 12.1. The highest BCUT2D eigenvalue weighted by Gasteiger charge is 2.25. The summed E-state index contributed by atoms with van der Waals surface area (Å²) in [6.07, 6.45) is -0.712. The van der Waals surface area contributed by atoms with E-state index in [1.165, 1.54) is 0 Å². The maximum atomic E-state index is 10.7. The molecule has 0 heterocycles. The predicted octanol–water partition coefficient (Wildman–Crippen LogP) is 0.344. The normalized spacial score (nSPS) is 13.5. The van der Waals surface area contributed by atoms with Gasteiger partial charge in [-0.2, -0.15) is 0 Å². The van der Waals surface area contributed by atoms with Gasteiger partial charge in [0, 0.05) is 11.9 Å². The summed E-state index contributed by atoms with van der Waals surface area (Å²) in [5.41, 5.74) is 0. The zero-order valence-electron chi connectivity index (χ0n) is 7.86. The predicted molar refractivity (Wildman–Crippen MR) is 58.9 cm³/mol. The van der Waals surface area contributed by atoms with Gasteiger partial charge in [-0.05, 0) is 6.42 Å². The smallest absolute Gasteiger partial charge is 0.324 e. The highest BCUT2D eigenvalue weighted by Crippen LogP contribution is 2.40. The first-order valence-corrected chi connectivity index (χ1v) is 8.73. The molecule has 92 valence electrons. The van der Waals surface area contributed by atoms with Crippen molar-refractivity contribution in [1.82, 2.24) is 4.90 Å². The highest BCUT2D eigenvalue weighted by molar-refractivity contribution is 9.09. The third-order valence-electron chi connectivity index (χ3n) is 1.38. The molecule has 0 aromatic rings. The number of alkyl halides is 1. The number of hydrogen-bond acceptors (Lipinski definition) is 3. The molecule has 0 atom stereocenters. The minimum Gasteiger partial charge on any atom is -0.324 e. The molecule has 4 N–H and O–H groups in total. The van der Waals surface area contributed by atoms with Gasteiger partial charge in [0.15, 0.2) is 0 Å². The first-order chi connectivity index (χ1) is 6.64. The van der Waals surface area contributed by atoms with Crippen LogP contribution in [0.1, 0.15) is 6.42 Å². The van der Waals surface area contributed by atoms with Crippen LogP contribution in [0.5, 0.6) is 0 Å². The molecular weight excluding hydrogens is 312 g/mol. The van der Waals surface area contributed by atoms with Gasteiger partial charge < -0.3 is 19.6 Å². The van der Waals surface area contributed by atoms with E-state index in [2.05, 4.69) is 15.9 Å². The monoisotopic (exact) mass is 325 g/mol. The largest absolute Gasteiger partial charge is 0.339 e. The van der Waals surface area contributed by atoms with Crippen molar-refractivity contribution in [3.63, 3.8) is 0 Å². The maximum absolute atomic E-state index is 10.7. The summed E-state index contributed by atoms with van der Waals surface area (Å²) in [4.78, 5) is 35.8. The molecule has 0 rings (SSSR count). The molecular formula is C5H14BrNO6P2. The van der Waals surface area contributed by atoms with Gasteiger partial charge in [0.1, 0.15) is 12.6 Å². The first-order valence-electron chi connectivity index (χ1n) is 4.01. The molecule has 10 heteroatoms. The highest BCUT2D eigenvalue weighted by atomic mass is 79.9. The molecule has 0 aromatic heterocycles. The van der Waals surface area contributed by atoms with Crippen LogP contribution in [0.4, 0.5) is 0 Å². The molecule has 0 fully saturated rings. The second-order valence-corrected chi connectivity index (χ2v) is 7.07. The van der Waals surface area contributed by atoms with E-state index >= 15 is 0 Å². The van der Waals surface area contributed by atoms with Gasteiger partial charge in [0.2, 0.25) is 0 Å². The van der Waals surface area contributed by atoms with E-state index in [0.29, 0.717) is 11.8 Å². The quantitative estimate of drug-likeness (QED) is 0.394. The van der Waals surface area contributed by atoms with Crippen LogP contribution in [0.25, 0.3) is 0 Å². The Morgan fingerprint density at radius 1 is 1.00 bits per heavy atom. The van der Waals surface area contributed by atoms with Crippen LogP contribution < -0.4 is 0 Å². The van der Waals surface area contributed by atoms with E-state index in [-0.39, 0.29) is 6.54 Å². The zero-order valence-corrected chi connectivity index (χ0v) is 11.2. The van der Waals surface area contributed by atoms with E-state index in [1.807, 2.05) is 0 Å². The fraction of sp³-hybridized carbons (Fsp3) is 1.00. The number of hydrogen-bond donors (Lipinski definition) is 4. The summed E-state index contributed by atoms with van der Waals surface area (Å²) in [7, 11) is -8.56. The molecule has 0 saturated carbocycles. The number of rotatable bonds is 7. The Bertz CT molecular complexity index is 251. The number of halogens is 1. The Labute approximate surface area is 95.9 Å². The Morgan fingerprint density at radius 2 is 1.40 bits per heavy atom. The Morgan fingerprint density at radius 3 is 1.67 bits per heavy atom. The van der Waals surface area contributed by atoms with Crippen molar-refractivity contribution in [2.24, 2.45) is 0 Å². The molecule has 7 nitrogen and oxygen atoms in total. The third kappa shape index (κ3) is 11.0. The number of nitrogens with zero attached hydrogens (tertiary/aromatic N) is 1. The average molecular weight is 326 g/mol. The van der Waals surface area contributed by atoms with Crippen molar-refractivity contribution in [3.8, 4) is 0 Å². The fourth-order valence-electron chi connectivity index (χ4n) is 0.991. The summed E-state index contributed by atoms with van der Waals surface area (Å²) in [5, 5.41) is 0.603. The topological polar surface area (TPSA) is 118 Å². The molecule has 0 aliphatic rings. The summed E-state index contributed by atoms with van der Waals surface area (Å²) in [6.45, 7) is 0.224. The van der Waals surface area contributed by atoms with Gasteiger partial charge >= 0.3 is 15.2 Å². The van der Waals surface area contributed by atoms with Gasteiger partial charge in [-0.1, -0.05) is 15.9 Å². The molecule has 0 spiro atoms. The Kier molecular flexibility index (Phi) is 6.79. The van der Waals surface area contributed by atoms with Crippen molar-refractivity contribution in [3.05, 3.63) is 0 Å². The minimum absolute atomic E-state index is 0.224. The molecule has 0 aromatic carbocycles. The fourth-order valence-corrected chi connectivity index (χ4v) is 2.92. The first kappa shape index (κ1) is 15.7. The second-order valence-electron chi connectivity index (χ2n) is 3.05. The lowest BCUT2D eigenvalue weighted by molar-refractivity contribution is 0.278. The maximum Gasteiger partial charge on any atom is 0.339 e. The molecule has 0 unspecified atom stereocenters. The molecule has 0 amide bonds.